The largest absolute Gasteiger partial charge is 0.290 e. The van der Waals surface area contributed by atoms with E-state index in [2.05, 4.69) is 0 Å². The van der Waals surface area contributed by atoms with Crippen molar-refractivity contribution in [2.45, 2.75) is 13.5 Å². The summed E-state index contributed by atoms with van der Waals surface area (Å²) in [5.41, 5.74) is 4.82. The van der Waals surface area contributed by atoms with Gasteiger partial charge in [0.15, 0.2) is 0 Å². The van der Waals surface area contributed by atoms with Crippen molar-refractivity contribution >= 4 is 21.6 Å². The fourth-order valence-electron chi connectivity index (χ4n) is 2.20. The first-order valence-electron chi connectivity index (χ1n) is 6.96. The maximum atomic E-state index is 12.1. The summed E-state index contributed by atoms with van der Waals surface area (Å²) < 4.78 is 25.6. The Morgan fingerprint density at radius 1 is 1.13 bits per heavy atom. The first-order valence-corrected chi connectivity index (χ1v) is 8.81. The number of aryl methyl sites for hydroxylation is 1. The number of hydrogen-bond donors (Lipinski definition) is 2. The van der Waals surface area contributed by atoms with Gasteiger partial charge in [0.2, 0.25) is 10.0 Å². The van der Waals surface area contributed by atoms with Gasteiger partial charge >= 0.3 is 0 Å². The van der Waals surface area contributed by atoms with Crippen LogP contribution >= 0.6 is 0 Å². The Labute approximate surface area is 135 Å². The number of carbonyl (C=O) groups excluding carboxylic acids is 1. The van der Waals surface area contributed by atoms with Crippen molar-refractivity contribution in [3.8, 4) is 0 Å². The van der Waals surface area contributed by atoms with E-state index in [0.717, 1.165) is 17.4 Å². The van der Waals surface area contributed by atoms with E-state index in [-0.39, 0.29) is 6.54 Å². The molecule has 0 heterocycles. The van der Waals surface area contributed by atoms with Crippen molar-refractivity contribution in [1.82, 2.24) is 5.43 Å². The lowest BCUT2D eigenvalue weighted by molar-refractivity contribution is 0.0953. The van der Waals surface area contributed by atoms with E-state index in [9.17, 15) is 13.2 Å². The lowest BCUT2D eigenvalue weighted by Gasteiger charge is -2.23. The fourth-order valence-corrected chi connectivity index (χ4v) is 3.08. The topological polar surface area (TPSA) is 92.5 Å². The second-order valence-corrected chi connectivity index (χ2v) is 7.12. The van der Waals surface area contributed by atoms with Crippen LogP contribution in [0.1, 0.15) is 21.5 Å². The third-order valence-electron chi connectivity index (χ3n) is 3.52. The van der Waals surface area contributed by atoms with Gasteiger partial charge in [0.05, 0.1) is 18.5 Å². The van der Waals surface area contributed by atoms with Gasteiger partial charge in [-0.15, -0.1) is 0 Å². The standard InChI is InChI=1S/C16H19N3O3S/c1-12-5-3-4-6-14(12)11-19(23(2,21)22)15-9-7-13(8-10-15)16(20)18-17/h3-10H,11,17H2,1-2H3,(H,18,20). The molecule has 0 saturated heterocycles. The van der Waals surface area contributed by atoms with E-state index in [4.69, 9.17) is 5.84 Å². The molecule has 0 spiro atoms. The average molecular weight is 333 g/mol. The molecule has 0 aliphatic rings. The number of sulfonamides is 1. The third kappa shape index (κ3) is 4.08. The van der Waals surface area contributed by atoms with Gasteiger partial charge in [-0.1, -0.05) is 24.3 Å². The summed E-state index contributed by atoms with van der Waals surface area (Å²) in [5.74, 6) is 4.65. The normalized spacial score (nSPS) is 11.1. The van der Waals surface area contributed by atoms with Crippen molar-refractivity contribution in [3.63, 3.8) is 0 Å². The van der Waals surface area contributed by atoms with Crippen molar-refractivity contribution < 1.29 is 13.2 Å². The summed E-state index contributed by atoms with van der Waals surface area (Å²) in [5, 5.41) is 0. The van der Waals surface area contributed by atoms with Gasteiger partial charge in [-0.3, -0.25) is 14.5 Å². The number of nitrogens with zero attached hydrogens (tertiary/aromatic N) is 1. The smallest absolute Gasteiger partial charge is 0.265 e. The molecule has 0 unspecified atom stereocenters. The molecule has 7 heteroatoms. The zero-order valence-electron chi connectivity index (χ0n) is 13.0. The van der Waals surface area contributed by atoms with E-state index in [1.807, 2.05) is 36.6 Å². The zero-order valence-corrected chi connectivity index (χ0v) is 13.8. The molecular weight excluding hydrogens is 314 g/mol. The summed E-state index contributed by atoms with van der Waals surface area (Å²) in [4.78, 5) is 11.5. The van der Waals surface area contributed by atoms with Crippen molar-refractivity contribution in [2.24, 2.45) is 5.84 Å². The number of nitrogens with one attached hydrogen (secondary N) is 1. The lowest BCUT2D eigenvalue weighted by Crippen LogP contribution is -2.31. The van der Waals surface area contributed by atoms with Crippen LogP contribution in [0.15, 0.2) is 48.5 Å². The van der Waals surface area contributed by atoms with Crippen molar-refractivity contribution in [1.29, 1.82) is 0 Å². The number of hydrogen-bond acceptors (Lipinski definition) is 4. The summed E-state index contributed by atoms with van der Waals surface area (Å²) in [6, 6.07) is 13.9. The van der Waals surface area contributed by atoms with Gasteiger partial charge in [0.25, 0.3) is 5.91 Å². The molecule has 0 fully saturated rings. The second-order valence-electron chi connectivity index (χ2n) is 5.22. The molecule has 6 nitrogen and oxygen atoms in total. The Kier molecular flexibility index (Phi) is 5.02. The molecule has 1 amide bonds. The van der Waals surface area contributed by atoms with E-state index < -0.39 is 15.9 Å². The number of nitrogen functional groups attached to an aromatic ring is 1. The lowest BCUT2D eigenvalue weighted by atomic mass is 10.1. The number of amides is 1. The van der Waals surface area contributed by atoms with E-state index >= 15 is 0 Å². The van der Waals surface area contributed by atoms with Gasteiger partial charge < -0.3 is 0 Å². The van der Waals surface area contributed by atoms with Crippen LogP contribution in [0.3, 0.4) is 0 Å². The molecule has 3 N–H and O–H groups in total. The van der Waals surface area contributed by atoms with Crippen molar-refractivity contribution in [3.05, 3.63) is 65.2 Å². The zero-order chi connectivity index (χ0) is 17.0. The van der Waals surface area contributed by atoms with Gasteiger partial charge in [-0.2, -0.15) is 0 Å². The van der Waals surface area contributed by atoms with Gasteiger partial charge in [0, 0.05) is 5.56 Å². The predicted octanol–water partition coefficient (Wildman–Crippen LogP) is 1.56. The van der Waals surface area contributed by atoms with Crippen LogP contribution < -0.4 is 15.6 Å². The Morgan fingerprint density at radius 3 is 2.26 bits per heavy atom. The second kappa shape index (κ2) is 6.80. The highest BCUT2D eigenvalue weighted by Gasteiger charge is 2.19. The van der Waals surface area contributed by atoms with Crippen LogP contribution in [-0.2, 0) is 16.6 Å². The molecule has 0 saturated carbocycles. The molecule has 0 radical (unpaired) electrons. The molecule has 122 valence electrons. The van der Waals surface area contributed by atoms with E-state index in [0.29, 0.717) is 11.3 Å². The molecule has 2 aromatic rings. The quantitative estimate of drug-likeness (QED) is 0.493. The minimum atomic E-state index is -3.46. The molecule has 2 aromatic carbocycles. The molecule has 0 aliphatic carbocycles. The van der Waals surface area contributed by atoms with Crippen LogP contribution in [0.5, 0.6) is 0 Å². The highest BCUT2D eigenvalue weighted by molar-refractivity contribution is 7.92. The van der Waals surface area contributed by atoms with Crippen LogP contribution in [0.2, 0.25) is 0 Å². The first kappa shape index (κ1) is 17.0. The summed E-state index contributed by atoms with van der Waals surface area (Å²) in [7, 11) is -3.46. The number of anilines is 1. The number of benzene rings is 2. The van der Waals surface area contributed by atoms with E-state index in [1.54, 1.807) is 12.1 Å². The van der Waals surface area contributed by atoms with Gasteiger partial charge in [0.1, 0.15) is 0 Å². The van der Waals surface area contributed by atoms with Gasteiger partial charge in [-0.05, 0) is 42.3 Å². The minimum Gasteiger partial charge on any atom is -0.290 e. The summed E-state index contributed by atoms with van der Waals surface area (Å²) in [6.45, 7) is 2.17. The van der Waals surface area contributed by atoms with Crippen LogP contribution in [-0.4, -0.2) is 20.6 Å². The van der Waals surface area contributed by atoms with Crippen LogP contribution in [0, 0.1) is 6.92 Å². The number of nitrogens with two attached hydrogens (primary N) is 1. The highest BCUT2D eigenvalue weighted by atomic mass is 32.2. The van der Waals surface area contributed by atoms with Crippen molar-refractivity contribution in [2.75, 3.05) is 10.6 Å². The predicted molar refractivity (Wildman–Crippen MR) is 90.3 cm³/mol. The summed E-state index contributed by atoms with van der Waals surface area (Å²) >= 11 is 0. The molecule has 0 aromatic heterocycles. The SMILES string of the molecule is Cc1ccccc1CN(c1ccc(C(=O)NN)cc1)S(C)(=O)=O. The maximum absolute atomic E-state index is 12.1. The Balaban J connectivity index is 2.37. The Hall–Kier alpha value is -2.38. The number of carbonyl (C=O) groups is 1. The molecule has 0 bridgehead atoms. The monoisotopic (exact) mass is 333 g/mol. The van der Waals surface area contributed by atoms with E-state index in [1.165, 1.54) is 16.4 Å². The minimum absolute atomic E-state index is 0.230. The molecular formula is C16H19N3O3S. The fraction of sp³-hybridized carbons (Fsp3) is 0.188. The molecule has 23 heavy (non-hydrogen) atoms. The highest BCUT2D eigenvalue weighted by Crippen LogP contribution is 2.22. The molecule has 2 rings (SSSR count). The first-order chi connectivity index (χ1) is 10.8. The van der Waals surface area contributed by atoms with Crippen LogP contribution in [0.4, 0.5) is 5.69 Å². The summed E-state index contributed by atoms with van der Waals surface area (Å²) in [6.07, 6.45) is 1.16. The maximum Gasteiger partial charge on any atom is 0.265 e. The molecule has 0 aliphatic heterocycles. The van der Waals surface area contributed by atoms with Gasteiger partial charge in [-0.25, -0.2) is 14.3 Å². The van der Waals surface area contributed by atoms with Crippen LogP contribution in [0.25, 0.3) is 0 Å². The Bertz CT molecular complexity index is 802. The third-order valence-corrected chi connectivity index (χ3v) is 4.66. The molecule has 0 atom stereocenters. The average Bonchev–Trinajstić information content (AvgIpc) is 2.52. The number of rotatable bonds is 5. The number of hydrazine groups is 1. The Morgan fingerprint density at radius 2 is 1.74 bits per heavy atom.